The first-order valence-electron chi connectivity index (χ1n) is 6.89. The molecule has 0 bridgehead atoms. The molecule has 4 aromatic rings. The number of carbonyl (C=O) groups is 1. The van der Waals surface area contributed by atoms with Gasteiger partial charge in [-0.15, -0.1) is 0 Å². The van der Waals surface area contributed by atoms with Gasteiger partial charge in [0.15, 0.2) is 22.4 Å². The van der Waals surface area contributed by atoms with Crippen molar-refractivity contribution in [2.45, 2.75) is 6.92 Å². The number of halogens is 2. The van der Waals surface area contributed by atoms with E-state index in [4.69, 9.17) is 0 Å². The number of benzene rings is 1. The summed E-state index contributed by atoms with van der Waals surface area (Å²) in [5.74, 6) is -2.37. The van der Waals surface area contributed by atoms with Crippen LogP contribution in [0.1, 0.15) is 16.1 Å². The Balaban J connectivity index is 1.69. The van der Waals surface area contributed by atoms with Crippen LogP contribution in [0.5, 0.6) is 0 Å². The molecule has 3 aromatic heterocycles. The Labute approximate surface area is 137 Å². The SMILES string of the molecule is Cc1ccn2ncc(C(=O)Nc3nc4cc(F)c(F)cc4s3)c2n1. The van der Waals surface area contributed by atoms with Crippen molar-refractivity contribution in [2.75, 3.05) is 5.32 Å². The largest absolute Gasteiger partial charge is 0.298 e. The highest BCUT2D eigenvalue weighted by atomic mass is 32.1. The highest BCUT2D eigenvalue weighted by Gasteiger charge is 2.17. The van der Waals surface area contributed by atoms with Gasteiger partial charge in [-0.3, -0.25) is 10.1 Å². The molecule has 0 aliphatic rings. The molecule has 120 valence electrons. The Morgan fingerprint density at radius 1 is 1.25 bits per heavy atom. The lowest BCUT2D eigenvalue weighted by molar-refractivity contribution is 0.102. The first kappa shape index (κ1) is 14.6. The third kappa shape index (κ3) is 2.38. The maximum atomic E-state index is 13.3. The van der Waals surface area contributed by atoms with Crippen molar-refractivity contribution in [1.82, 2.24) is 19.6 Å². The smallest absolute Gasteiger partial charge is 0.262 e. The van der Waals surface area contributed by atoms with E-state index in [1.165, 1.54) is 10.7 Å². The van der Waals surface area contributed by atoms with E-state index in [1.54, 1.807) is 12.3 Å². The molecule has 1 amide bonds. The Hall–Kier alpha value is -2.94. The minimum Gasteiger partial charge on any atom is -0.298 e. The van der Waals surface area contributed by atoms with Gasteiger partial charge in [-0.1, -0.05) is 11.3 Å². The lowest BCUT2D eigenvalue weighted by atomic mass is 10.3. The summed E-state index contributed by atoms with van der Waals surface area (Å²) in [5.41, 5.74) is 1.74. The first-order valence-corrected chi connectivity index (χ1v) is 7.71. The molecule has 0 aliphatic heterocycles. The van der Waals surface area contributed by atoms with Gasteiger partial charge < -0.3 is 0 Å². The summed E-state index contributed by atoms with van der Waals surface area (Å²) in [6, 6.07) is 3.83. The van der Waals surface area contributed by atoms with Crippen molar-refractivity contribution in [3.05, 3.63) is 53.5 Å². The van der Waals surface area contributed by atoms with Crippen LogP contribution in [0.25, 0.3) is 15.9 Å². The number of aromatic nitrogens is 4. The number of rotatable bonds is 2. The van der Waals surface area contributed by atoms with Crippen LogP contribution in [0.4, 0.5) is 13.9 Å². The number of hydrogen-bond donors (Lipinski definition) is 1. The maximum absolute atomic E-state index is 13.3. The second-order valence-corrected chi connectivity index (χ2v) is 6.13. The Morgan fingerprint density at radius 2 is 2.04 bits per heavy atom. The first-order chi connectivity index (χ1) is 11.5. The van der Waals surface area contributed by atoms with E-state index in [9.17, 15) is 13.6 Å². The van der Waals surface area contributed by atoms with Gasteiger partial charge in [0, 0.05) is 18.0 Å². The lowest BCUT2D eigenvalue weighted by Crippen LogP contribution is -2.11. The van der Waals surface area contributed by atoms with Crippen LogP contribution < -0.4 is 5.32 Å². The van der Waals surface area contributed by atoms with Gasteiger partial charge in [0.25, 0.3) is 5.91 Å². The number of nitrogens with one attached hydrogen (secondary N) is 1. The number of thiazole rings is 1. The summed E-state index contributed by atoms with van der Waals surface area (Å²) in [4.78, 5) is 20.8. The molecule has 3 heterocycles. The van der Waals surface area contributed by atoms with Crippen LogP contribution in [-0.4, -0.2) is 25.5 Å². The molecule has 0 saturated carbocycles. The highest BCUT2D eigenvalue weighted by molar-refractivity contribution is 7.22. The predicted octanol–water partition coefficient (Wildman–Crippen LogP) is 3.18. The minimum absolute atomic E-state index is 0.243. The normalized spacial score (nSPS) is 11.3. The number of amides is 1. The fourth-order valence-corrected chi connectivity index (χ4v) is 3.13. The average molecular weight is 345 g/mol. The number of anilines is 1. The molecular formula is C15H9F2N5OS. The van der Waals surface area contributed by atoms with Gasteiger partial charge in [-0.05, 0) is 19.1 Å². The molecule has 9 heteroatoms. The van der Waals surface area contributed by atoms with Crippen molar-refractivity contribution >= 4 is 38.2 Å². The summed E-state index contributed by atoms with van der Waals surface area (Å²) in [6.45, 7) is 1.81. The predicted molar refractivity (Wildman–Crippen MR) is 85.2 cm³/mol. The van der Waals surface area contributed by atoms with Crippen LogP contribution >= 0.6 is 11.3 Å². The van der Waals surface area contributed by atoms with E-state index < -0.39 is 17.5 Å². The van der Waals surface area contributed by atoms with Crippen molar-refractivity contribution in [2.24, 2.45) is 0 Å². The topological polar surface area (TPSA) is 72.2 Å². The zero-order valence-electron chi connectivity index (χ0n) is 12.2. The standard InChI is InChI=1S/C15H9F2N5OS/c1-7-2-3-22-13(19-7)8(6-18-22)14(23)21-15-20-11-4-9(16)10(17)5-12(11)24-15/h2-6H,1H3,(H,20,21,23). The molecule has 0 atom stereocenters. The molecule has 0 fully saturated rings. The second kappa shape index (κ2) is 5.31. The summed E-state index contributed by atoms with van der Waals surface area (Å²) < 4.78 is 28.4. The molecule has 1 aromatic carbocycles. The number of carbonyl (C=O) groups excluding carboxylic acids is 1. The van der Waals surface area contributed by atoms with Gasteiger partial charge in [0.2, 0.25) is 0 Å². The maximum Gasteiger partial charge on any atom is 0.262 e. The monoisotopic (exact) mass is 345 g/mol. The molecule has 0 spiro atoms. The van der Waals surface area contributed by atoms with Crippen molar-refractivity contribution in [1.29, 1.82) is 0 Å². The van der Waals surface area contributed by atoms with E-state index in [1.807, 2.05) is 6.92 Å². The van der Waals surface area contributed by atoms with Crippen molar-refractivity contribution in [3.8, 4) is 0 Å². The molecule has 6 nitrogen and oxygen atoms in total. The van der Waals surface area contributed by atoms with Gasteiger partial charge in [0.05, 0.1) is 16.4 Å². The van der Waals surface area contributed by atoms with E-state index in [-0.39, 0.29) is 16.2 Å². The fraction of sp³-hybridized carbons (Fsp3) is 0.0667. The average Bonchev–Trinajstić information content (AvgIpc) is 3.10. The van der Waals surface area contributed by atoms with Gasteiger partial charge in [0.1, 0.15) is 5.56 Å². The fourth-order valence-electron chi connectivity index (χ4n) is 2.26. The van der Waals surface area contributed by atoms with Crippen molar-refractivity contribution < 1.29 is 13.6 Å². The van der Waals surface area contributed by atoms with Crippen LogP contribution in [-0.2, 0) is 0 Å². The Kier molecular flexibility index (Phi) is 3.24. The molecular weight excluding hydrogens is 336 g/mol. The molecule has 1 N–H and O–H groups in total. The van der Waals surface area contributed by atoms with E-state index in [2.05, 4.69) is 20.4 Å². The van der Waals surface area contributed by atoms with Crippen LogP contribution in [0.2, 0.25) is 0 Å². The second-order valence-electron chi connectivity index (χ2n) is 5.10. The summed E-state index contributed by atoms with van der Waals surface area (Å²) >= 11 is 1.06. The number of aryl methyl sites for hydroxylation is 1. The zero-order valence-corrected chi connectivity index (χ0v) is 13.1. The van der Waals surface area contributed by atoms with Gasteiger partial charge in [-0.2, -0.15) is 5.10 Å². The van der Waals surface area contributed by atoms with Gasteiger partial charge in [-0.25, -0.2) is 23.3 Å². The summed E-state index contributed by atoms with van der Waals surface area (Å²) in [6.07, 6.45) is 3.11. The lowest BCUT2D eigenvalue weighted by Gasteiger charge is -2.00. The summed E-state index contributed by atoms with van der Waals surface area (Å²) in [7, 11) is 0. The third-order valence-corrected chi connectivity index (χ3v) is 4.34. The number of hydrogen-bond acceptors (Lipinski definition) is 5. The van der Waals surface area contributed by atoms with E-state index in [0.717, 1.165) is 29.2 Å². The molecule has 0 radical (unpaired) electrons. The van der Waals surface area contributed by atoms with Crippen molar-refractivity contribution in [3.63, 3.8) is 0 Å². The molecule has 0 saturated heterocycles. The molecule has 0 unspecified atom stereocenters. The Bertz CT molecular complexity index is 1070. The quantitative estimate of drug-likeness (QED) is 0.606. The molecule has 4 rings (SSSR count). The number of nitrogens with zero attached hydrogens (tertiary/aromatic N) is 4. The van der Waals surface area contributed by atoms with Crippen LogP contribution in [0.15, 0.2) is 30.6 Å². The zero-order chi connectivity index (χ0) is 16.8. The van der Waals surface area contributed by atoms with Crippen LogP contribution in [0, 0.1) is 18.6 Å². The Morgan fingerprint density at radius 3 is 2.88 bits per heavy atom. The van der Waals surface area contributed by atoms with Crippen LogP contribution in [0.3, 0.4) is 0 Å². The minimum atomic E-state index is -0.979. The molecule has 0 aliphatic carbocycles. The number of fused-ring (bicyclic) bond motifs is 2. The van der Waals surface area contributed by atoms with E-state index >= 15 is 0 Å². The summed E-state index contributed by atoms with van der Waals surface area (Å²) in [5, 5.41) is 6.92. The highest BCUT2D eigenvalue weighted by Crippen LogP contribution is 2.28. The third-order valence-electron chi connectivity index (χ3n) is 3.40. The molecule has 24 heavy (non-hydrogen) atoms. The van der Waals surface area contributed by atoms with E-state index in [0.29, 0.717) is 10.3 Å². The van der Waals surface area contributed by atoms with Gasteiger partial charge >= 0.3 is 0 Å².